The fraction of sp³-hybridized carbons (Fsp3) is 0.160. The normalized spacial score (nSPS) is 19.3. The number of para-hydroxylation sites is 1. The smallest absolute Gasteiger partial charge is 0.269 e. The number of anilines is 3. The summed E-state index contributed by atoms with van der Waals surface area (Å²) in [6.07, 6.45) is 0. The van der Waals surface area contributed by atoms with Gasteiger partial charge in [-0.25, -0.2) is 4.39 Å². The van der Waals surface area contributed by atoms with Crippen LogP contribution in [0.1, 0.15) is 11.1 Å². The molecule has 0 unspecified atom stereocenters. The standard InChI is InChI=1S/C25H20FN3O3S/c1-16-5-4-6-19(13-16)29-23(31)15-33-25(29)20-7-2-3-8-21(20)28(24(25)32)14-22(30)27-18-11-9-17(26)10-12-18/h2-13H,14-15H2,1H3,(H,27,30)/t25-/m1/s1. The Morgan fingerprint density at radius 3 is 2.58 bits per heavy atom. The minimum Gasteiger partial charge on any atom is -0.325 e. The third-order valence-corrected chi connectivity index (χ3v) is 7.14. The summed E-state index contributed by atoms with van der Waals surface area (Å²) in [5.41, 5.74) is 3.33. The lowest BCUT2D eigenvalue weighted by Gasteiger charge is -2.33. The number of aryl methyl sites for hydroxylation is 1. The third-order valence-electron chi connectivity index (χ3n) is 5.75. The zero-order valence-electron chi connectivity index (χ0n) is 17.7. The van der Waals surface area contributed by atoms with E-state index in [2.05, 4.69) is 5.32 Å². The number of amides is 3. The molecule has 8 heteroatoms. The van der Waals surface area contributed by atoms with Crippen molar-refractivity contribution in [1.29, 1.82) is 0 Å². The molecule has 0 aromatic heterocycles. The number of carbonyl (C=O) groups is 3. The Labute approximate surface area is 194 Å². The van der Waals surface area contributed by atoms with Gasteiger partial charge in [-0.1, -0.05) is 30.3 Å². The number of benzene rings is 3. The molecule has 1 N–H and O–H groups in total. The van der Waals surface area contributed by atoms with Gasteiger partial charge in [-0.05, 0) is 55.0 Å². The first-order chi connectivity index (χ1) is 15.9. The van der Waals surface area contributed by atoms with Gasteiger partial charge in [0.25, 0.3) is 5.91 Å². The van der Waals surface area contributed by atoms with Crippen LogP contribution in [0.3, 0.4) is 0 Å². The molecule has 33 heavy (non-hydrogen) atoms. The Morgan fingerprint density at radius 1 is 1.06 bits per heavy atom. The van der Waals surface area contributed by atoms with Gasteiger partial charge < -0.3 is 5.32 Å². The zero-order chi connectivity index (χ0) is 23.2. The molecule has 0 saturated carbocycles. The van der Waals surface area contributed by atoms with E-state index in [1.807, 2.05) is 43.3 Å². The fourth-order valence-electron chi connectivity index (χ4n) is 4.36. The summed E-state index contributed by atoms with van der Waals surface area (Å²) in [7, 11) is 0. The predicted octanol–water partition coefficient (Wildman–Crippen LogP) is 4.05. The number of halogens is 1. The van der Waals surface area contributed by atoms with Gasteiger partial charge in [-0.3, -0.25) is 24.2 Å². The average molecular weight is 462 g/mol. The lowest BCUT2D eigenvalue weighted by molar-refractivity contribution is -0.124. The lowest BCUT2D eigenvalue weighted by atomic mass is 10.0. The van der Waals surface area contributed by atoms with E-state index in [-0.39, 0.29) is 24.1 Å². The molecule has 1 atom stereocenters. The van der Waals surface area contributed by atoms with E-state index in [1.54, 1.807) is 17.0 Å². The molecule has 1 saturated heterocycles. The number of thioether (sulfide) groups is 1. The Hall–Kier alpha value is -3.65. The second-order valence-electron chi connectivity index (χ2n) is 7.96. The molecule has 1 fully saturated rings. The maximum Gasteiger partial charge on any atom is 0.269 e. The monoisotopic (exact) mass is 461 g/mol. The average Bonchev–Trinajstić information content (AvgIpc) is 3.26. The number of rotatable bonds is 4. The molecule has 166 valence electrons. The van der Waals surface area contributed by atoms with Crippen LogP contribution < -0.4 is 15.1 Å². The van der Waals surface area contributed by atoms with Crippen molar-refractivity contribution in [3.63, 3.8) is 0 Å². The molecule has 0 radical (unpaired) electrons. The maximum absolute atomic E-state index is 13.9. The summed E-state index contributed by atoms with van der Waals surface area (Å²) < 4.78 is 13.2. The highest BCUT2D eigenvalue weighted by atomic mass is 32.2. The first kappa shape index (κ1) is 21.2. The van der Waals surface area contributed by atoms with E-state index in [4.69, 9.17) is 0 Å². The quantitative estimate of drug-likeness (QED) is 0.637. The minimum atomic E-state index is -1.27. The van der Waals surface area contributed by atoms with Crippen LogP contribution in [-0.4, -0.2) is 30.0 Å². The second kappa shape index (κ2) is 8.04. The minimum absolute atomic E-state index is 0.156. The number of nitrogens with one attached hydrogen (secondary N) is 1. The van der Waals surface area contributed by atoms with Crippen molar-refractivity contribution in [3.8, 4) is 0 Å². The summed E-state index contributed by atoms with van der Waals surface area (Å²) in [5, 5.41) is 2.70. The topological polar surface area (TPSA) is 69.7 Å². The zero-order valence-corrected chi connectivity index (χ0v) is 18.6. The van der Waals surface area contributed by atoms with Gasteiger partial charge in [0.1, 0.15) is 12.4 Å². The van der Waals surface area contributed by atoms with Gasteiger partial charge >= 0.3 is 0 Å². The number of hydrogen-bond donors (Lipinski definition) is 1. The van der Waals surface area contributed by atoms with E-state index in [9.17, 15) is 18.8 Å². The number of fused-ring (bicyclic) bond motifs is 2. The van der Waals surface area contributed by atoms with Crippen molar-refractivity contribution >= 4 is 46.5 Å². The SMILES string of the molecule is Cc1cccc(N2C(=O)CS[C@]23C(=O)N(CC(=O)Nc2ccc(F)cc2)c2ccccc23)c1. The highest BCUT2D eigenvalue weighted by Crippen LogP contribution is 2.55. The van der Waals surface area contributed by atoms with E-state index in [1.165, 1.54) is 40.9 Å². The first-order valence-corrected chi connectivity index (χ1v) is 11.4. The molecule has 3 aromatic carbocycles. The summed E-state index contributed by atoms with van der Waals surface area (Å²) in [6.45, 7) is 1.70. The largest absolute Gasteiger partial charge is 0.325 e. The molecule has 2 aliphatic heterocycles. The maximum atomic E-state index is 13.9. The summed E-state index contributed by atoms with van der Waals surface area (Å²) >= 11 is 1.27. The molecule has 0 bridgehead atoms. The molecule has 0 aliphatic carbocycles. The van der Waals surface area contributed by atoms with Crippen LogP contribution >= 0.6 is 11.8 Å². The van der Waals surface area contributed by atoms with Crippen molar-refractivity contribution in [1.82, 2.24) is 0 Å². The van der Waals surface area contributed by atoms with Gasteiger partial charge in [0.05, 0.1) is 11.4 Å². The molecule has 6 nitrogen and oxygen atoms in total. The van der Waals surface area contributed by atoms with Crippen LogP contribution in [0.25, 0.3) is 0 Å². The Kier molecular flexibility index (Phi) is 5.17. The van der Waals surface area contributed by atoms with Crippen molar-refractivity contribution in [2.75, 3.05) is 27.4 Å². The third kappa shape index (κ3) is 3.47. The highest BCUT2D eigenvalue weighted by Gasteiger charge is 2.61. The number of carbonyl (C=O) groups excluding carboxylic acids is 3. The summed E-state index contributed by atoms with van der Waals surface area (Å²) in [6, 6.07) is 20.1. The van der Waals surface area contributed by atoms with Crippen molar-refractivity contribution in [3.05, 3.63) is 89.7 Å². The van der Waals surface area contributed by atoms with Gasteiger partial charge in [0.2, 0.25) is 16.7 Å². The van der Waals surface area contributed by atoms with Crippen LogP contribution in [0.5, 0.6) is 0 Å². The Morgan fingerprint density at radius 2 is 1.82 bits per heavy atom. The summed E-state index contributed by atoms with van der Waals surface area (Å²) in [4.78, 5) is 41.4. The molecule has 3 amide bonds. The molecule has 5 rings (SSSR count). The van der Waals surface area contributed by atoms with Crippen molar-refractivity contribution in [2.45, 2.75) is 11.8 Å². The number of hydrogen-bond acceptors (Lipinski definition) is 4. The van der Waals surface area contributed by atoms with Crippen LogP contribution in [0.15, 0.2) is 72.8 Å². The van der Waals surface area contributed by atoms with Crippen LogP contribution in [0, 0.1) is 12.7 Å². The number of nitrogens with zero attached hydrogens (tertiary/aromatic N) is 2. The van der Waals surface area contributed by atoms with Crippen molar-refractivity contribution < 1.29 is 18.8 Å². The van der Waals surface area contributed by atoms with Crippen LogP contribution in [0.2, 0.25) is 0 Å². The van der Waals surface area contributed by atoms with Crippen LogP contribution in [0.4, 0.5) is 21.5 Å². The van der Waals surface area contributed by atoms with Gasteiger partial charge in [-0.2, -0.15) is 0 Å². The molecule has 1 spiro atoms. The fourth-order valence-corrected chi connectivity index (χ4v) is 5.72. The Bertz CT molecular complexity index is 1280. The van der Waals surface area contributed by atoms with Crippen molar-refractivity contribution in [2.24, 2.45) is 0 Å². The van der Waals surface area contributed by atoms with E-state index >= 15 is 0 Å². The van der Waals surface area contributed by atoms with E-state index in [0.717, 1.165) is 5.56 Å². The first-order valence-electron chi connectivity index (χ1n) is 10.4. The van der Waals surface area contributed by atoms with E-state index < -0.39 is 16.6 Å². The van der Waals surface area contributed by atoms with Gasteiger partial charge in [0.15, 0.2) is 0 Å². The second-order valence-corrected chi connectivity index (χ2v) is 9.13. The van der Waals surface area contributed by atoms with E-state index in [0.29, 0.717) is 22.6 Å². The van der Waals surface area contributed by atoms with Gasteiger partial charge in [-0.15, -0.1) is 11.8 Å². The molecular weight excluding hydrogens is 441 g/mol. The molecule has 2 heterocycles. The molecule has 3 aromatic rings. The van der Waals surface area contributed by atoms with Crippen LogP contribution in [-0.2, 0) is 19.3 Å². The lowest BCUT2D eigenvalue weighted by Crippen LogP contribution is -2.50. The summed E-state index contributed by atoms with van der Waals surface area (Å²) in [5.74, 6) is -1.17. The molecule has 2 aliphatic rings. The predicted molar refractivity (Wildman–Crippen MR) is 127 cm³/mol. The van der Waals surface area contributed by atoms with Gasteiger partial charge in [0, 0.05) is 16.9 Å². The highest BCUT2D eigenvalue weighted by molar-refractivity contribution is 8.02. The Balaban J connectivity index is 1.51. The molecular formula is C25H20FN3O3S.